The number of aromatic nitrogens is 3. The number of anilines is 1. The molecule has 5 rings (SSSR count). The fourth-order valence-electron chi connectivity index (χ4n) is 3.85. The van der Waals surface area contributed by atoms with Crippen LogP contribution >= 0.6 is 11.8 Å². The van der Waals surface area contributed by atoms with Crippen molar-refractivity contribution in [2.24, 2.45) is 5.92 Å². The molecule has 0 saturated carbocycles. The molecule has 0 saturated heterocycles. The van der Waals surface area contributed by atoms with E-state index in [0.717, 1.165) is 16.4 Å². The summed E-state index contributed by atoms with van der Waals surface area (Å²) in [5.41, 5.74) is 2.03. The lowest BCUT2D eigenvalue weighted by Gasteiger charge is -2.12. The van der Waals surface area contributed by atoms with Crippen molar-refractivity contribution in [3.05, 3.63) is 54.8 Å². The highest BCUT2D eigenvalue weighted by molar-refractivity contribution is 7.99. The van der Waals surface area contributed by atoms with Crippen LogP contribution < -0.4 is 10.1 Å². The van der Waals surface area contributed by atoms with Gasteiger partial charge in [0.15, 0.2) is 16.7 Å². The first-order chi connectivity index (χ1) is 16.5. The van der Waals surface area contributed by atoms with Crippen LogP contribution in [0.3, 0.4) is 0 Å². The summed E-state index contributed by atoms with van der Waals surface area (Å²) >= 11 is 1.33. The molecule has 174 valence electrons. The number of nitrogens with one attached hydrogen (secondary N) is 1. The second-order valence-electron chi connectivity index (χ2n) is 8.27. The van der Waals surface area contributed by atoms with Crippen LogP contribution in [0.2, 0.25) is 0 Å². The highest BCUT2D eigenvalue weighted by Crippen LogP contribution is 2.36. The Labute approximate surface area is 200 Å². The molecule has 0 fully saturated rings. The molecule has 1 N–H and O–H groups in total. The molecular weight excluding hydrogens is 452 g/mol. The van der Waals surface area contributed by atoms with Crippen molar-refractivity contribution in [2.45, 2.75) is 25.5 Å². The summed E-state index contributed by atoms with van der Waals surface area (Å²) in [5, 5.41) is 14.1. The van der Waals surface area contributed by atoms with Gasteiger partial charge in [-0.05, 0) is 30.2 Å². The largest absolute Gasteiger partial charge is 0.495 e. The van der Waals surface area contributed by atoms with Crippen LogP contribution in [-0.2, 0) is 11.3 Å². The molecular formula is C25H24N4O4S. The van der Waals surface area contributed by atoms with Gasteiger partial charge in [0.05, 0.1) is 24.8 Å². The topological polar surface area (TPSA) is 95.3 Å². The molecule has 0 aliphatic rings. The first-order valence-corrected chi connectivity index (χ1v) is 11.9. The minimum Gasteiger partial charge on any atom is -0.495 e. The van der Waals surface area contributed by atoms with Crippen LogP contribution in [0.4, 0.5) is 5.69 Å². The van der Waals surface area contributed by atoms with Crippen LogP contribution in [0.1, 0.15) is 13.8 Å². The van der Waals surface area contributed by atoms with E-state index in [9.17, 15) is 4.79 Å². The van der Waals surface area contributed by atoms with Crippen LogP contribution in [-0.4, -0.2) is 33.5 Å². The molecule has 0 aliphatic carbocycles. The average Bonchev–Trinajstić information content (AvgIpc) is 3.55. The summed E-state index contributed by atoms with van der Waals surface area (Å²) in [7, 11) is 1.58. The Balaban J connectivity index is 1.35. The monoisotopic (exact) mass is 476 g/mol. The van der Waals surface area contributed by atoms with Crippen LogP contribution in [0.25, 0.3) is 33.5 Å². The predicted octanol–water partition coefficient (Wildman–Crippen LogP) is 5.83. The number of ether oxygens (including phenoxy) is 1. The lowest BCUT2D eigenvalue weighted by molar-refractivity contribution is -0.113. The van der Waals surface area contributed by atoms with E-state index in [1.807, 2.05) is 47.0 Å². The third kappa shape index (κ3) is 4.26. The fraction of sp³-hybridized carbons (Fsp3) is 0.240. The molecule has 0 unspecified atom stereocenters. The number of rotatable bonds is 8. The predicted molar refractivity (Wildman–Crippen MR) is 132 cm³/mol. The Kier molecular flexibility index (Phi) is 6.02. The maximum atomic E-state index is 12.8. The summed E-state index contributed by atoms with van der Waals surface area (Å²) in [6, 6.07) is 15.2. The van der Waals surface area contributed by atoms with Gasteiger partial charge in [-0.25, -0.2) is 0 Å². The van der Waals surface area contributed by atoms with E-state index < -0.39 is 0 Å². The maximum absolute atomic E-state index is 12.8. The molecule has 0 aliphatic heterocycles. The van der Waals surface area contributed by atoms with Gasteiger partial charge < -0.3 is 18.9 Å². The quantitative estimate of drug-likeness (QED) is 0.281. The summed E-state index contributed by atoms with van der Waals surface area (Å²) in [6.45, 7) is 4.95. The van der Waals surface area contributed by atoms with E-state index in [4.69, 9.17) is 13.6 Å². The van der Waals surface area contributed by atoms with Crippen molar-refractivity contribution >= 4 is 45.3 Å². The van der Waals surface area contributed by atoms with Gasteiger partial charge >= 0.3 is 0 Å². The summed E-state index contributed by atoms with van der Waals surface area (Å²) in [5.74, 6) is 2.22. The number of furan rings is 2. The van der Waals surface area contributed by atoms with Gasteiger partial charge in [-0.15, -0.1) is 10.2 Å². The summed E-state index contributed by atoms with van der Waals surface area (Å²) < 4.78 is 19.0. The lowest BCUT2D eigenvalue weighted by atomic mass is 10.1. The molecule has 1 amide bonds. The minimum absolute atomic E-state index is 0.162. The van der Waals surface area contributed by atoms with Crippen molar-refractivity contribution in [1.29, 1.82) is 0 Å². The van der Waals surface area contributed by atoms with Gasteiger partial charge in [0.25, 0.3) is 0 Å². The third-order valence-electron chi connectivity index (χ3n) is 5.31. The van der Waals surface area contributed by atoms with Crippen LogP contribution in [0.15, 0.2) is 68.8 Å². The highest BCUT2D eigenvalue weighted by Gasteiger charge is 2.19. The second-order valence-corrected chi connectivity index (χ2v) is 9.21. The standard InChI is InChI=1S/C25H24N4O4S/c1-15(2)13-29-24(20-9-6-10-32-20)27-28-25(29)34-14-23(30)26-18-12-21-17(11-22(18)31-3)16-7-4-5-8-19(16)33-21/h4-12,15H,13-14H2,1-3H3,(H,26,30). The average molecular weight is 477 g/mol. The first kappa shape index (κ1) is 22.1. The van der Waals surface area contributed by atoms with E-state index >= 15 is 0 Å². The Hall–Kier alpha value is -3.72. The molecule has 8 nitrogen and oxygen atoms in total. The van der Waals surface area contributed by atoms with Gasteiger partial charge in [0.1, 0.15) is 16.9 Å². The maximum Gasteiger partial charge on any atom is 0.234 e. The van der Waals surface area contributed by atoms with Gasteiger partial charge in [0, 0.05) is 23.4 Å². The number of benzene rings is 2. The lowest BCUT2D eigenvalue weighted by Crippen LogP contribution is -2.15. The van der Waals surface area contributed by atoms with E-state index in [2.05, 4.69) is 29.4 Å². The zero-order chi connectivity index (χ0) is 23.7. The van der Waals surface area contributed by atoms with E-state index in [-0.39, 0.29) is 11.7 Å². The molecule has 3 aromatic heterocycles. The number of methoxy groups -OCH3 is 1. The number of hydrogen-bond acceptors (Lipinski definition) is 7. The smallest absolute Gasteiger partial charge is 0.234 e. The molecule has 0 atom stereocenters. The van der Waals surface area contributed by atoms with Crippen LogP contribution in [0, 0.1) is 5.92 Å². The van der Waals surface area contributed by atoms with Crippen molar-refractivity contribution in [2.75, 3.05) is 18.2 Å². The fourth-order valence-corrected chi connectivity index (χ4v) is 4.60. The van der Waals surface area contributed by atoms with E-state index in [1.54, 1.807) is 19.4 Å². The molecule has 3 heterocycles. The number of nitrogens with zero attached hydrogens (tertiary/aromatic N) is 3. The molecule has 5 aromatic rings. The Bertz CT molecular complexity index is 1450. The zero-order valence-corrected chi connectivity index (χ0v) is 19.9. The zero-order valence-electron chi connectivity index (χ0n) is 19.1. The number of hydrogen-bond donors (Lipinski definition) is 1. The number of fused-ring (bicyclic) bond motifs is 3. The summed E-state index contributed by atoms with van der Waals surface area (Å²) in [6.07, 6.45) is 1.61. The molecule has 2 aromatic carbocycles. The molecule has 34 heavy (non-hydrogen) atoms. The van der Waals surface area contributed by atoms with Crippen molar-refractivity contribution in [1.82, 2.24) is 14.8 Å². The second kappa shape index (κ2) is 9.26. The number of para-hydroxylation sites is 1. The SMILES string of the molecule is COc1cc2c(cc1NC(=O)CSc1nnc(-c3ccco3)n1CC(C)C)oc1ccccc12. The van der Waals surface area contributed by atoms with Gasteiger partial charge in [-0.1, -0.05) is 43.8 Å². The third-order valence-corrected chi connectivity index (χ3v) is 6.28. The molecule has 9 heteroatoms. The molecule has 0 spiro atoms. The number of carbonyl (C=O) groups excluding carboxylic acids is 1. The van der Waals surface area contributed by atoms with E-state index in [0.29, 0.717) is 46.2 Å². The molecule has 0 radical (unpaired) electrons. The van der Waals surface area contributed by atoms with Crippen molar-refractivity contribution in [3.8, 4) is 17.3 Å². The minimum atomic E-state index is -0.183. The Morgan fingerprint density at radius 1 is 1.12 bits per heavy atom. The van der Waals surface area contributed by atoms with Gasteiger partial charge in [-0.3, -0.25) is 9.36 Å². The summed E-state index contributed by atoms with van der Waals surface area (Å²) in [4.78, 5) is 12.8. The highest BCUT2D eigenvalue weighted by atomic mass is 32.2. The number of thioether (sulfide) groups is 1. The van der Waals surface area contributed by atoms with E-state index in [1.165, 1.54) is 11.8 Å². The number of carbonyl (C=O) groups is 1. The Morgan fingerprint density at radius 3 is 2.74 bits per heavy atom. The van der Waals surface area contributed by atoms with Gasteiger partial charge in [-0.2, -0.15) is 0 Å². The Morgan fingerprint density at radius 2 is 1.97 bits per heavy atom. The van der Waals surface area contributed by atoms with Crippen LogP contribution in [0.5, 0.6) is 5.75 Å². The van der Waals surface area contributed by atoms with Gasteiger partial charge in [0.2, 0.25) is 5.91 Å². The molecule has 0 bridgehead atoms. The van der Waals surface area contributed by atoms with Crippen molar-refractivity contribution in [3.63, 3.8) is 0 Å². The first-order valence-electron chi connectivity index (χ1n) is 10.9. The van der Waals surface area contributed by atoms with Crippen molar-refractivity contribution < 1.29 is 18.4 Å². The normalized spacial score (nSPS) is 11.5. The number of amides is 1.